The summed E-state index contributed by atoms with van der Waals surface area (Å²) in [5.41, 5.74) is 0. The van der Waals surface area contributed by atoms with Crippen molar-refractivity contribution in [3.05, 3.63) is 48.5 Å². The Labute approximate surface area is 156 Å². The highest BCUT2D eigenvalue weighted by Gasteiger charge is 2.18. The first kappa shape index (κ1) is 20.2. The lowest BCUT2D eigenvalue weighted by atomic mass is 10.3. The van der Waals surface area contributed by atoms with Crippen LogP contribution in [0.2, 0.25) is 0 Å². The second kappa shape index (κ2) is 9.04. The third-order valence-electron chi connectivity index (χ3n) is 3.44. The Morgan fingerprint density at radius 1 is 0.704 bits per heavy atom. The third kappa shape index (κ3) is 5.45. The zero-order valence-electron chi connectivity index (χ0n) is 14.7. The summed E-state index contributed by atoms with van der Waals surface area (Å²) in [7, 11) is -1.25. The van der Waals surface area contributed by atoms with Gasteiger partial charge >= 0.3 is 11.9 Å². The number of rotatable bonds is 8. The number of carbonyl (C=O) groups is 2. The molecule has 2 rings (SSSR count). The molecule has 0 aliphatic rings. The molecule has 27 heavy (non-hydrogen) atoms. The van der Waals surface area contributed by atoms with Crippen molar-refractivity contribution in [2.24, 2.45) is 0 Å². The van der Waals surface area contributed by atoms with E-state index in [1.165, 1.54) is 62.8 Å². The Morgan fingerprint density at radius 3 is 1.33 bits per heavy atom. The highest BCUT2D eigenvalue weighted by Crippen LogP contribution is 2.25. The van der Waals surface area contributed by atoms with Crippen molar-refractivity contribution < 1.29 is 37.0 Å². The molecule has 0 radical (unpaired) electrons. The first-order chi connectivity index (χ1) is 12.9. The Morgan fingerprint density at radius 2 is 1.04 bits per heavy atom. The fourth-order valence-electron chi connectivity index (χ4n) is 1.97. The van der Waals surface area contributed by atoms with Crippen LogP contribution in [0.15, 0.2) is 58.3 Å². The predicted molar refractivity (Wildman–Crippen MR) is 93.4 cm³/mol. The van der Waals surface area contributed by atoms with Crippen molar-refractivity contribution in [3.8, 4) is 11.5 Å². The molecule has 0 amide bonds. The molecule has 2 aromatic rings. The number of esters is 2. The molecule has 0 aromatic heterocycles. The Balaban J connectivity index is 2.08. The quantitative estimate of drug-likeness (QED) is 0.622. The summed E-state index contributed by atoms with van der Waals surface area (Å²) in [6.45, 7) is -0.536. The van der Waals surface area contributed by atoms with E-state index in [1.54, 1.807) is 0 Å². The molecule has 0 N–H and O–H groups in total. The fraction of sp³-hybridized carbons (Fsp3) is 0.222. The third-order valence-corrected chi connectivity index (χ3v) is 5.22. The van der Waals surface area contributed by atoms with Crippen LogP contribution >= 0.6 is 0 Å². The molecule has 2 aromatic carbocycles. The minimum absolute atomic E-state index is 0.0659. The monoisotopic (exact) mass is 394 g/mol. The largest absolute Gasteiger partial charge is 0.482 e. The van der Waals surface area contributed by atoms with Crippen LogP contribution in [0.5, 0.6) is 11.5 Å². The second-order valence-corrected chi connectivity index (χ2v) is 7.13. The lowest BCUT2D eigenvalue weighted by Crippen LogP contribution is -2.12. The minimum atomic E-state index is -3.74. The summed E-state index contributed by atoms with van der Waals surface area (Å²) in [6, 6.07) is 11.3. The Kier molecular flexibility index (Phi) is 6.78. The van der Waals surface area contributed by atoms with Gasteiger partial charge in [0.15, 0.2) is 13.2 Å². The highest BCUT2D eigenvalue weighted by molar-refractivity contribution is 7.91. The molecule has 0 heterocycles. The van der Waals surface area contributed by atoms with Gasteiger partial charge < -0.3 is 18.9 Å². The summed E-state index contributed by atoms with van der Waals surface area (Å²) >= 11 is 0. The van der Waals surface area contributed by atoms with Crippen LogP contribution in [0.1, 0.15) is 0 Å². The van der Waals surface area contributed by atoms with Crippen molar-refractivity contribution >= 4 is 21.8 Å². The standard InChI is InChI=1S/C18H18O8S/c1-23-17(19)11-25-13-3-7-15(8-4-13)27(21,22)16-9-5-14(6-10-16)26-12-18(20)24-2/h3-10H,11-12H2,1-2H3. The number of carbonyl (C=O) groups excluding carboxylic acids is 2. The van der Waals surface area contributed by atoms with Gasteiger partial charge in [0, 0.05) is 0 Å². The Hall–Kier alpha value is -3.07. The number of sulfone groups is 1. The molecule has 0 saturated carbocycles. The maximum Gasteiger partial charge on any atom is 0.343 e. The average Bonchev–Trinajstić information content (AvgIpc) is 2.70. The lowest BCUT2D eigenvalue weighted by Gasteiger charge is -2.09. The van der Waals surface area contributed by atoms with Crippen LogP contribution in [-0.4, -0.2) is 47.8 Å². The number of benzene rings is 2. The molecular weight excluding hydrogens is 376 g/mol. The fourth-order valence-corrected chi connectivity index (χ4v) is 3.23. The van der Waals surface area contributed by atoms with Gasteiger partial charge in [0.25, 0.3) is 0 Å². The molecule has 144 valence electrons. The molecule has 8 nitrogen and oxygen atoms in total. The molecule has 0 unspecified atom stereocenters. The van der Waals surface area contributed by atoms with E-state index in [-0.39, 0.29) is 23.0 Å². The summed E-state index contributed by atoms with van der Waals surface area (Å²) in [4.78, 5) is 22.2. The molecule has 0 saturated heterocycles. The number of hydrogen-bond acceptors (Lipinski definition) is 8. The van der Waals surface area contributed by atoms with E-state index < -0.39 is 21.8 Å². The normalized spacial score (nSPS) is 10.7. The van der Waals surface area contributed by atoms with Gasteiger partial charge in [-0.15, -0.1) is 0 Å². The highest BCUT2D eigenvalue weighted by atomic mass is 32.2. The van der Waals surface area contributed by atoms with Gasteiger partial charge in [0.1, 0.15) is 11.5 Å². The van der Waals surface area contributed by atoms with E-state index >= 15 is 0 Å². The maximum atomic E-state index is 12.7. The van der Waals surface area contributed by atoms with E-state index in [0.29, 0.717) is 11.5 Å². The molecule has 0 fully saturated rings. The van der Waals surface area contributed by atoms with E-state index in [4.69, 9.17) is 9.47 Å². The van der Waals surface area contributed by atoms with Crippen LogP contribution in [0, 0.1) is 0 Å². The minimum Gasteiger partial charge on any atom is -0.482 e. The molecule has 0 aliphatic carbocycles. The zero-order chi connectivity index (χ0) is 19.9. The van der Waals surface area contributed by atoms with Gasteiger partial charge in [-0.25, -0.2) is 18.0 Å². The van der Waals surface area contributed by atoms with E-state index in [2.05, 4.69) is 9.47 Å². The summed E-state index contributed by atoms with van der Waals surface area (Å²) in [5, 5.41) is 0. The lowest BCUT2D eigenvalue weighted by molar-refractivity contribution is -0.143. The van der Waals surface area contributed by atoms with E-state index in [9.17, 15) is 18.0 Å². The SMILES string of the molecule is COC(=O)COc1ccc(S(=O)(=O)c2ccc(OCC(=O)OC)cc2)cc1. The number of methoxy groups -OCH3 is 2. The number of ether oxygens (including phenoxy) is 4. The first-order valence-corrected chi connectivity index (χ1v) is 9.19. The van der Waals surface area contributed by atoms with Crippen LogP contribution in [0.4, 0.5) is 0 Å². The topological polar surface area (TPSA) is 105 Å². The first-order valence-electron chi connectivity index (χ1n) is 7.71. The summed E-state index contributed by atoms with van der Waals surface area (Å²) in [6.07, 6.45) is 0. The van der Waals surface area contributed by atoms with Gasteiger partial charge in [-0.05, 0) is 48.5 Å². The molecule has 0 spiro atoms. The van der Waals surface area contributed by atoms with Crippen LogP contribution in [0.25, 0.3) is 0 Å². The number of hydrogen-bond donors (Lipinski definition) is 0. The van der Waals surface area contributed by atoms with Crippen LogP contribution < -0.4 is 9.47 Å². The van der Waals surface area contributed by atoms with Crippen molar-refractivity contribution in [2.45, 2.75) is 9.79 Å². The summed E-state index contributed by atoms with van der Waals surface area (Å²) < 4.78 is 44.6. The van der Waals surface area contributed by atoms with Gasteiger partial charge in [0.2, 0.25) is 9.84 Å². The molecule has 0 bridgehead atoms. The van der Waals surface area contributed by atoms with E-state index in [1.807, 2.05) is 0 Å². The maximum absolute atomic E-state index is 12.7. The second-order valence-electron chi connectivity index (χ2n) is 5.18. The van der Waals surface area contributed by atoms with Crippen molar-refractivity contribution in [1.82, 2.24) is 0 Å². The van der Waals surface area contributed by atoms with Crippen molar-refractivity contribution in [1.29, 1.82) is 0 Å². The van der Waals surface area contributed by atoms with Crippen molar-refractivity contribution in [3.63, 3.8) is 0 Å². The van der Waals surface area contributed by atoms with Gasteiger partial charge in [-0.2, -0.15) is 0 Å². The zero-order valence-corrected chi connectivity index (χ0v) is 15.5. The molecular formula is C18H18O8S. The van der Waals surface area contributed by atoms with Gasteiger partial charge in [-0.3, -0.25) is 0 Å². The van der Waals surface area contributed by atoms with Crippen molar-refractivity contribution in [2.75, 3.05) is 27.4 Å². The van der Waals surface area contributed by atoms with Crippen LogP contribution in [-0.2, 0) is 28.9 Å². The van der Waals surface area contributed by atoms with Gasteiger partial charge in [-0.1, -0.05) is 0 Å². The van der Waals surface area contributed by atoms with E-state index in [0.717, 1.165) is 0 Å². The van der Waals surface area contributed by atoms with Gasteiger partial charge in [0.05, 0.1) is 24.0 Å². The smallest absolute Gasteiger partial charge is 0.343 e. The molecule has 9 heteroatoms. The Bertz CT molecular complexity index is 816. The summed E-state index contributed by atoms with van der Waals surface area (Å²) in [5.74, 6) is -0.403. The van der Waals surface area contributed by atoms with Crippen LogP contribution in [0.3, 0.4) is 0 Å². The predicted octanol–water partition coefficient (Wildman–Crippen LogP) is 1.62. The molecule has 0 aliphatic heterocycles. The molecule has 0 atom stereocenters. The average molecular weight is 394 g/mol.